The van der Waals surface area contributed by atoms with Crippen LogP contribution in [0.15, 0.2) is 53.1 Å². The molecule has 0 saturated heterocycles. The van der Waals surface area contributed by atoms with Crippen molar-refractivity contribution in [1.82, 2.24) is 5.16 Å². The summed E-state index contributed by atoms with van der Waals surface area (Å²) in [6.07, 6.45) is 3.89. The van der Waals surface area contributed by atoms with Gasteiger partial charge in [-0.3, -0.25) is 4.79 Å². The zero-order chi connectivity index (χ0) is 22.1. The molecule has 0 atom stereocenters. The number of thiophene rings is 1. The van der Waals surface area contributed by atoms with Crippen LogP contribution in [0, 0.1) is 0 Å². The van der Waals surface area contributed by atoms with Gasteiger partial charge in [0.2, 0.25) is 0 Å². The molecular formula is C25H22N2O4S. The van der Waals surface area contributed by atoms with E-state index in [2.05, 4.69) is 10.5 Å². The Morgan fingerprint density at radius 3 is 2.75 bits per heavy atom. The number of amides is 1. The van der Waals surface area contributed by atoms with Crippen LogP contribution < -0.4 is 5.32 Å². The van der Waals surface area contributed by atoms with Crippen LogP contribution in [-0.4, -0.2) is 23.6 Å². The van der Waals surface area contributed by atoms with Gasteiger partial charge in [-0.25, -0.2) is 4.79 Å². The topological polar surface area (TPSA) is 81.4 Å². The van der Waals surface area contributed by atoms with Crippen molar-refractivity contribution in [3.8, 4) is 11.3 Å². The van der Waals surface area contributed by atoms with Gasteiger partial charge in [0, 0.05) is 16.0 Å². The minimum Gasteiger partial charge on any atom is -0.462 e. The van der Waals surface area contributed by atoms with E-state index < -0.39 is 0 Å². The molecule has 32 heavy (non-hydrogen) atoms. The second-order valence-electron chi connectivity index (χ2n) is 7.70. The Hall–Kier alpha value is -3.45. The quantitative estimate of drug-likeness (QED) is 0.388. The number of anilines is 1. The number of aromatic nitrogens is 1. The molecular weight excluding hydrogens is 424 g/mol. The van der Waals surface area contributed by atoms with E-state index in [0.29, 0.717) is 34.0 Å². The summed E-state index contributed by atoms with van der Waals surface area (Å²) in [6.45, 7) is 2.08. The molecule has 4 aromatic rings. The van der Waals surface area contributed by atoms with Gasteiger partial charge in [-0.2, -0.15) is 0 Å². The Labute approximate surface area is 189 Å². The highest BCUT2D eigenvalue weighted by Gasteiger charge is 2.27. The zero-order valence-corrected chi connectivity index (χ0v) is 18.5. The van der Waals surface area contributed by atoms with Gasteiger partial charge >= 0.3 is 5.97 Å². The van der Waals surface area contributed by atoms with Gasteiger partial charge in [0.1, 0.15) is 10.5 Å². The molecule has 1 aliphatic rings. The Kier molecular flexibility index (Phi) is 5.49. The Bertz CT molecular complexity index is 1310. The molecule has 1 N–H and O–H groups in total. The summed E-state index contributed by atoms with van der Waals surface area (Å²) in [5, 5.41) is 8.41. The van der Waals surface area contributed by atoms with Crippen LogP contribution in [-0.2, 0) is 17.6 Å². The van der Waals surface area contributed by atoms with Crippen LogP contribution in [0.25, 0.3) is 22.2 Å². The minimum atomic E-state index is -0.372. The summed E-state index contributed by atoms with van der Waals surface area (Å²) < 4.78 is 10.8. The summed E-state index contributed by atoms with van der Waals surface area (Å²) in [7, 11) is 0. The smallest absolute Gasteiger partial charge is 0.341 e. The standard InChI is InChI=1S/C25H22N2O4S/c1-2-30-25(29)21-17-10-6-7-11-20(17)32-24(21)26-23(28)16-12-13-19-18(14-16)22(31-27-19)15-8-4-3-5-9-15/h3-5,8-9,12-14H,2,6-7,10-11H2,1H3,(H,26,28). The van der Waals surface area contributed by atoms with Gasteiger partial charge < -0.3 is 14.6 Å². The fourth-order valence-electron chi connectivity index (χ4n) is 4.13. The Morgan fingerprint density at radius 2 is 1.94 bits per heavy atom. The van der Waals surface area contributed by atoms with Crippen molar-refractivity contribution in [2.24, 2.45) is 0 Å². The number of nitrogens with one attached hydrogen (secondary N) is 1. The highest BCUT2D eigenvalue weighted by molar-refractivity contribution is 7.17. The van der Waals surface area contributed by atoms with Gasteiger partial charge in [-0.15, -0.1) is 11.3 Å². The van der Waals surface area contributed by atoms with Crippen LogP contribution in [0.3, 0.4) is 0 Å². The van der Waals surface area contributed by atoms with Crippen LogP contribution in [0.2, 0.25) is 0 Å². The molecule has 0 unspecified atom stereocenters. The normalized spacial score (nSPS) is 13.0. The number of nitrogens with zero attached hydrogens (tertiary/aromatic N) is 1. The van der Waals surface area contributed by atoms with Crippen molar-refractivity contribution in [1.29, 1.82) is 0 Å². The van der Waals surface area contributed by atoms with Crippen molar-refractivity contribution in [3.05, 3.63) is 70.1 Å². The van der Waals surface area contributed by atoms with Gasteiger partial charge in [-0.05, 0) is 56.4 Å². The molecule has 7 heteroatoms. The van der Waals surface area contributed by atoms with E-state index in [1.807, 2.05) is 30.3 Å². The number of carbonyl (C=O) groups excluding carboxylic acids is 2. The molecule has 2 heterocycles. The molecule has 6 nitrogen and oxygen atoms in total. The maximum absolute atomic E-state index is 13.2. The number of hydrogen-bond acceptors (Lipinski definition) is 6. The Balaban J connectivity index is 1.49. The number of hydrogen-bond donors (Lipinski definition) is 1. The molecule has 1 amide bonds. The fourth-order valence-corrected chi connectivity index (χ4v) is 5.40. The molecule has 0 aliphatic heterocycles. The fraction of sp³-hybridized carbons (Fsp3) is 0.240. The van der Waals surface area contributed by atoms with Crippen molar-refractivity contribution in [2.45, 2.75) is 32.6 Å². The molecule has 0 bridgehead atoms. The summed E-state index contributed by atoms with van der Waals surface area (Å²) >= 11 is 1.48. The van der Waals surface area contributed by atoms with E-state index in [1.165, 1.54) is 11.3 Å². The van der Waals surface area contributed by atoms with E-state index in [1.54, 1.807) is 25.1 Å². The first kappa shape index (κ1) is 20.5. The maximum Gasteiger partial charge on any atom is 0.341 e. The number of ether oxygens (including phenoxy) is 1. The Morgan fingerprint density at radius 1 is 1.12 bits per heavy atom. The van der Waals surface area contributed by atoms with E-state index in [9.17, 15) is 9.59 Å². The van der Waals surface area contributed by atoms with E-state index in [4.69, 9.17) is 9.26 Å². The molecule has 0 saturated carbocycles. The first-order valence-electron chi connectivity index (χ1n) is 10.7. The lowest BCUT2D eigenvalue weighted by Crippen LogP contribution is -2.15. The first-order valence-corrected chi connectivity index (χ1v) is 11.5. The molecule has 0 spiro atoms. The summed E-state index contributed by atoms with van der Waals surface area (Å²) in [4.78, 5) is 27.0. The first-order chi connectivity index (χ1) is 15.7. The minimum absolute atomic E-state index is 0.281. The SMILES string of the molecule is CCOC(=O)c1c(NC(=O)c2ccc3noc(-c4ccccc4)c3c2)sc2c1CCCC2. The molecule has 0 radical (unpaired) electrons. The predicted octanol–water partition coefficient (Wildman–Crippen LogP) is 5.86. The molecule has 0 fully saturated rings. The van der Waals surface area contributed by atoms with Crippen LogP contribution >= 0.6 is 11.3 Å². The van der Waals surface area contributed by atoms with E-state index in [0.717, 1.165) is 47.1 Å². The third-order valence-electron chi connectivity index (χ3n) is 5.65. The average Bonchev–Trinajstić information content (AvgIpc) is 3.40. The summed E-state index contributed by atoms with van der Waals surface area (Å²) in [5.74, 6) is -0.0339. The van der Waals surface area contributed by atoms with Crippen LogP contribution in [0.1, 0.15) is 50.9 Å². The van der Waals surface area contributed by atoms with Gasteiger partial charge in [0.05, 0.1) is 17.6 Å². The highest BCUT2D eigenvalue weighted by atomic mass is 32.1. The number of esters is 1. The van der Waals surface area contributed by atoms with Crippen molar-refractivity contribution >= 4 is 39.1 Å². The zero-order valence-electron chi connectivity index (χ0n) is 17.6. The second kappa shape index (κ2) is 8.59. The van der Waals surface area contributed by atoms with Gasteiger partial charge in [0.25, 0.3) is 5.91 Å². The number of rotatable bonds is 5. The third-order valence-corrected chi connectivity index (χ3v) is 6.86. The van der Waals surface area contributed by atoms with Crippen molar-refractivity contribution in [3.63, 3.8) is 0 Å². The lowest BCUT2D eigenvalue weighted by molar-refractivity contribution is 0.0526. The number of benzene rings is 2. The molecule has 5 rings (SSSR count). The van der Waals surface area contributed by atoms with Crippen LogP contribution in [0.5, 0.6) is 0 Å². The average molecular weight is 447 g/mol. The van der Waals surface area contributed by atoms with Gasteiger partial charge in [-0.1, -0.05) is 35.5 Å². The van der Waals surface area contributed by atoms with Crippen molar-refractivity contribution < 1.29 is 18.8 Å². The van der Waals surface area contributed by atoms with E-state index >= 15 is 0 Å². The third kappa shape index (κ3) is 3.69. The highest BCUT2D eigenvalue weighted by Crippen LogP contribution is 2.39. The predicted molar refractivity (Wildman–Crippen MR) is 124 cm³/mol. The monoisotopic (exact) mass is 446 g/mol. The molecule has 1 aliphatic carbocycles. The number of carbonyl (C=O) groups is 2. The van der Waals surface area contributed by atoms with Crippen LogP contribution in [0.4, 0.5) is 5.00 Å². The molecule has 162 valence electrons. The summed E-state index contributed by atoms with van der Waals surface area (Å²) in [6, 6.07) is 14.9. The number of aryl methyl sites for hydroxylation is 1. The van der Waals surface area contributed by atoms with E-state index in [-0.39, 0.29) is 11.9 Å². The maximum atomic E-state index is 13.2. The lowest BCUT2D eigenvalue weighted by atomic mass is 9.95. The molecule has 2 aromatic carbocycles. The lowest BCUT2D eigenvalue weighted by Gasteiger charge is -2.12. The largest absolute Gasteiger partial charge is 0.462 e. The second-order valence-corrected chi connectivity index (χ2v) is 8.80. The molecule has 2 aromatic heterocycles. The van der Waals surface area contributed by atoms with Gasteiger partial charge in [0.15, 0.2) is 5.76 Å². The summed E-state index contributed by atoms with van der Waals surface area (Å²) in [5.41, 5.74) is 3.58. The number of fused-ring (bicyclic) bond motifs is 2. The van der Waals surface area contributed by atoms with Crippen molar-refractivity contribution in [2.75, 3.05) is 11.9 Å².